The molecule has 0 fully saturated rings. The minimum atomic E-state index is -0.150. The number of H-pyrrole nitrogens is 1. The van der Waals surface area contributed by atoms with Crippen molar-refractivity contribution in [2.45, 2.75) is 19.8 Å². The third-order valence-electron chi connectivity index (χ3n) is 4.41. The number of nitrogens with zero attached hydrogens (tertiary/aromatic N) is 4. The van der Waals surface area contributed by atoms with Gasteiger partial charge in [0.05, 0.1) is 6.42 Å². The number of hydrogen-bond donors (Lipinski definition) is 2. The monoisotopic (exact) mass is 334 g/mol. The molecule has 25 heavy (non-hydrogen) atoms. The van der Waals surface area contributed by atoms with Crippen molar-refractivity contribution >= 4 is 33.4 Å². The van der Waals surface area contributed by atoms with Crippen molar-refractivity contribution in [3.8, 4) is 0 Å². The summed E-state index contributed by atoms with van der Waals surface area (Å²) < 4.78 is 1.49. The maximum atomic E-state index is 12.2. The van der Waals surface area contributed by atoms with Crippen LogP contribution in [0, 0.1) is 0 Å². The number of aromatic amines is 1. The van der Waals surface area contributed by atoms with Gasteiger partial charge in [0, 0.05) is 34.5 Å². The van der Waals surface area contributed by atoms with Crippen LogP contribution in [0.3, 0.4) is 0 Å². The Morgan fingerprint density at radius 2 is 2.12 bits per heavy atom. The minimum Gasteiger partial charge on any atom is -0.354 e. The number of carbonyl (C=O) groups is 1. The maximum absolute atomic E-state index is 12.2. The zero-order valence-corrected chi connectivity index (χ0v) is 14.1. The van der Waals surface area contributed by atoms with Crippen molar-refractivity contribution in [1.82, 2.24) is 25.2 Å². The molecule has 0 bridgehead atoms. The normalized spacial score (nSPS) is 11.3. The highest BCUT2D eigenvalue weighted by atomic mass is 16.1. The minimum absolute atomic E-state index is 0.133. The topological polar surface area (TPSA) is 88.5 Å². The number of carbonyl (C=O) groups excluding carboxylic acids is 1. The lowest BCUT2D eigenvalue weighted by atomic mass is 10.1. The SMILES string of the molecule is CCc1cccc2c1[nH]c1cc(NC(=O)Cc3nnnn3C)ccc12. The zero-order valence-electron chi connectivity index (χ0n) is 14.1. The van der Waals surface area contributed by atoms with Crippen molar-refractivity contribution in [3.63, 3.8) is 0 Å². The van der Waals surface area contributed by atoms with Gasteiger partial charge in [-0.2, -0.15) is 0 Å². The number of fused-ring (bicyclic) bond motifs is 3. The number of tetrazole rings is 1. The van der Waals surface area contributed by atoms with E-state index in [-0.39, 0.29) is 12.3 Å². The summed E-state index contributed by atoms with van der Waals surface area (Å²) in [4.78, 5) is 15.7. The predicted octanol–water partition coefficient (Wildman–Crippen LogP) is 2.59. The Kier molecular flexibility index (Phi) is 3.68. The molecule has 4 rings (SSSR count). The number of hydrogen-bond acceptors (Lipinski definition) is 4. The molecule has 2 heterocycles. The molecule has 0 unspecified atom stereocenters. The van der Waals surface area contributed by atoms with E-state index in [1.165, 1.54) is 15.6 Å². The zero-order chi connectivity index (χ0) is 17.4. The van der Waals surface area contributed by atoms with Gasteiger partial charge in [-0.05, 0) is 34.5 Å². The molecule has 2 aromatic heterocycles. The van der Waals surface area contributed by atoms with Crippen LogP contribution in [0.25, 0.3) is 21.8 Å². The van der Waals surface area contributed by atoms with E-state index < -0.39 is 0 Å². The van der Waals surface area contributed by atoms with Crippen molar-refractivity contribution in [1.29, 1.82) is 0 Å². The summed E-state index contributed by atoms with van der Waals surface area (Å²) in [5.74, 6) is 0.374. The summed E-state index contributed by atoms with van der Waals surface area (Å²) in [5.41, 5.74) is 4.20. The second-order valence-corrected chi connectivity index (χ2v) is 6.02. The molecule has 0 saturated heterocycles. The lowest BCUT2D eigenvalue weighted by Crippen LogP contribution is -2.17. The van der Waals surface area contributed by atoms with E-state index in [0.29, 0.717) is 5.82 Å². The van der Waals surface area contributed by atoms with Crippen LogP contribution < -0.4 is 5.32 Å². The number of anilines is 1. The van der Waals surface area contributed by atoms with E-state index >= 15 is 0 Å². The standard InChI is InChI=1S/C18H18N6O/c1-3-11-5-4-6-14-13-8-7-12(9-15(13)20-18(11)14)19-17(25)10-16-21-22-23-24(16)2/h4-9,20H,3,10H2,1-2H3,(H,19,25). The van der Waals surface area contributed by atoms with Crippen LogP contribution in [0.5, 0.6) is 0 Å². The van der Waals surface area contributed by atoms with Crippen LogP contribution in [-0.4, -0.2) is 31.1 Å². The summed E-state index contributed by atoms with van der Waals surface area (Å²) in [6.45, 7) is 2.15. The van der Waals surface area contributed by atoms with Crippen LogP contribution in [0.1, 0.15) is 18.3 Å². The second kappa shape index (κ2) is 6.01. The molecule has 0 aliphatic rings. The van der Waals surface area contributed by atoms with Gasteiger partial charge < -0.3 is 10.3 Å². The fourth-order valence-electron chi connectivity index (χ4n) is 3.11. The Hall–Kier alpha value is -3.22. The van der Waals surface area contributed by atoms with Gasteiger partial charge >= 0.3 is 0 Å². The van der Waals surface area contributed by atoms with E-state index in [0.717, 1.165) is 28.5 Å². The molecular weight excluding hydrogens is 316 g/mol. The van der Waals surface area contributed by atoms with Crippen LogP contribution in [0.15, 0.2) is 36.4 Å². The first-order chi connectivity index (χ1) is 12.2. The number of benzene rings is 2. The fraction of sp³-hybridized carbons (Fsp3) is 0.222. The maximum Gasteiger partial charge on any atom is 0.232 e. The van der Waals surface area contributed by atoms with Crippen LogP contribution in [0.2, 0.25) is 0 Å². The molecule has 2 aromatic carbocycles. The molecule has 1 amide bonds. The third kappa shape index (κ3) is 2.73. The first kappa shape index (κ1) is 15.3. The van der Waals surface area contributed by atoms with Gasteiger partial charge in [-0.1, -0.05) is 31.2 Å². The van der Waals surface area contributed by atoms with Gasteiger partial charge in [-0.3, -0.25) is 4.79 Å². The fourth-order valence-corrected chi connectivity index (χ4v) is 3.11. The van der Waals surface area contributed by atoms with E-state index in [1.807, 2.05) is 18.2 Å². The molecule has 7 nitrogen and oxygen atoms in total. The molecule has 0 saturated carbocycles. The average Bonchev–Trinajstić information content (AvgIpc) is 3.17. The first-order valence-electron chi connectivity index (χ1n) is 8.20. The predicted molar refractivity (Wildman–Crippen MR) is 96.3 cm³/mol. The highest BCUT2D eigenvalue weighted by Crippen LogP contribution is 2.29. The molecule has 0 aliphatic carbocycles. The highest BCUT2D eigenvalue weighted by Gasteiger charge is 2.11. The lowest BCUT2D eigenvalue weighted by molar-refractivity contribution is -0.115. The Balaban J connectivity index is 1.64. The van der Waals surface area contributed by atoms with Gasteiger partial charge in [0.15, 0.2) is 5.82 Å². The number of nitrogens with one attached hydrogen (secondary N) is 2. The molecule has 2 N–H and O–H groups in total. The average molecular weight is 334 g/mol. The number of para-hydroxylation sites is 1. The molecule has 0 radical (unpaired) electrons. The van der Waals surface area contributed by atoms with Crippen LogP contribution in [0.4, 0.5) is 5.69 Å². The van der Waals surface area contributed by atoms with E-state index in [2.05, 4.69) is 50.9 Å². The lowest BCUT2D eigenvalue weighted by Gasteiger charge is -2.04. The number of aromatic nitrogens is 5. The summed E-state index contributed by atoms with van der Waals surface area (Å²) in [5, 5.41) is 16.4. The van der Waals surface area contributed by atoms with Gasteiger partial charge in [0.1, 0.15) is 0 Å². The number of rotatable bonds is 4. The Morgan fingerprint density at radius 1 is 1.24 bits per heavy atom. The van der Waals surface area contributed by atoms with Crippen LogP contribution >= 0.6 is 0 Å². The third-order valence-corrected chi connectivity index (χ3v) is 4.41. The van der Waals surface area contributed by atoms with E-state index in [1.54, 1.807) is 7.05 Å². The van der Waals surface area contributed by atoms with Crippen molar-refractivity contribution < 1.29 is 4.79 Å². The number of aryl methyl sites for hydroxylation is 2. The summed E-state index contributed by atoms with van der Waals surface area (Å²) in [7, 11) is 1.71. The van der Waals surface area contributed by atoms with Crippen molar-refractivity contribution in [2.24, 2.45) is 7.05 Å². The largest absolute Gasteiger partial charge is 0.354 e. The quantitative estimate of drug-likeness (QED) is 0.600. The highest BCUT2D eigenvalue weighted by molar-refractivity contribution is 6.09. The molecule has 126 valence electrons. The summed E-state index contributed by atoms with van der Waals surface area (Å²) in [6.07, 6.45) is 1.10. The van der Waals surface area contributed by atoms with Crippen molar-refractivity contribution in [2.75, 3.05) is 5.32 Å². The number of amides is 1. The summed E-state index contributed by atoms with van der Waals surface area (Å²) in [6, 6.07) is 12.2. The first-order valence-corrected chi connectivity index (χ1v) is 8.20. The van der Waals surface area contributed by atoms with E-state index in [9.17, 15) is 4.79 Å². The molecule has 4 aromatic rings. The molecule has 0 aliphatic heterocycles. The molecule has 0 atom stereocenters. The Morgan fingerprint density at radius 3 is 2.88 bits per heavy atom. The Labute approximate surface area is 144 Å². The van der Waals surface area contributed by atoms with Gasteiger partial charge in [-0.25, -0.2) is 4.68 Å². The summed E-state index contributed by atoms with van der Waals surface area (Å²) >= 11 is 0. The Bertz CT molecular complexity index is 1080. The molecular formula is C18H18N6O. The van der Waals surface area contributed by atoms with Gasteiger partial charge in [0.25, 0.3) is 0 Å². The smallest absolute Gasteiger partial charge is 0.232 e. The van der Waals surface area contributed by atoms with E-state index in [4.69, 9.17) is 0 Å². The molecule has 0 spiro atoms. The van der Waals surface area contributed by atoms with Gasteiger partial charge in [0.2, 0.25) is 5.91 Å². The second-order valence-electron chi connectivity index (χ2n) is 6.02. The van der Waals surface area contributed by atoms with Crippen LogP contribution in [-0.2, 0) is 24.7 Å². The molecule has 7 heteroatoms. The van der Waals surface area contributed by atoms with Gasteiger partial charge in [-0.15, -0.1) is 5.10 Å². The van der Waals surface area contributed by atoms with Crippen molar-refractivity contribution in [3.05, 3.63) is 47.8 Å².